The van der Waals surface area contributed by atoms with Gasteiger partial charge < -0.3 is 14.4 Å². The Bertz CT molecular complexity index is 2720. The second-order valence-electron chi connectivity index (χ2n) is 13.3. The Hall–Kier alpha value is -4.93. The molecule has 239 valence electrons. The molecule has 0 amide bonds. The Morgan fingerprint density at radius 3 is 2.16 bits per heavy atom. The third-order valence-corrected chi connectivity index (χ3v) is 10.4. The molecule has 1 radical (unpaired) electrons. The number of fused-ring (bicyclic) bond motifs is 10. The van der Waals surface area contributed by atoms with E-state index < -0.39 is 0 Å². The first-order chi connectivity index (χ1) is 23.5. The van der Waals surface area contributed by atoms with Gasteiger partial charge in [0.15, 0.2) is 0 Å². The van der Waals surface area contributed by atoms with Crippen LogP contribution in [0.15, 0.2) is 134 Å². The van der Waals surface area contributed by atoms with Gasteiger partial charge in [0, 0.05) is 69.0 Å². The number of hydrogen-bond acceptors (Lipinski definition) is 3. The van der Waals surface area contributed by atoms with Gasteiger partial charge in [-0.1, -0.05) is 80.8 Å². The number of pyridine rings is 2. The molecule has 5 heteroatoms. The number of nitrogens with zero attached hydrogens (tertiary/aromatic N) is 3. The number of thiophene rings is 1. The van der Waals surface area contributed by atoms with Crippen LogP contribution in [0.4, 0.5) is 0 Å². The van der Waals surface area contributed by atoms with Crippen molar-refractivity contribution in [3.63, 3.8) is 0 Å². The Balaban J connectivity index is 0.000000228. The molecule has 0 aliphatic carbocycles. The molecule has 0 unspecified atom stereocenters. The summed E-state index contributed by atoms with van der Waals surface area (Å²) in [5, 5.41) is 7.94. The van der Waals surface area contributed by atoms with Crippen molar-refractivity contribution in [2.45, 2.75) is 26.2 Å². The van der Waals surface area contributed by atoms with Gasteiger partial charge in [-0.3, -0.25) is 0 Å². The van der Waals surface area contributed by atoms with E-state index in [1.807, 2.05) is 60.0 Å². The molecule has 5 aromatic carbocycles. The predicted molar refractivity (Wildman–Crippen MR) is 203 cm³/mol. The molecule has 5 heterocycles. The van der Waals surface area contributed by atoms with Crippen LogP contribution < -0.4 is 0 Å². The van der Waals surface area contributed by atoms with Crippen LogP contribution in [0.2, 0.25) is 0 Å². The van der Waals surface area contributed by atoms with Crippen LogP contribution >= 0.6 is 11.3 Å². The van der Waals surface area contributed by atoms with Gasteiger partial charge in [-0.05, 0) is 63.6 Å². The van der Waals surface area contributed by atoms with Crippen molar-refractivity contribution < 1.29 is 20.1 Å². The molecule has 0 saturated heterocycles. The first-order valence-electron chi connectivity index (χ1n) is 16.2. The molecule has 0 spiro atoms. The van der Waals surface area contributed by atoms with Crippen molar-refractivity contribution >= 4 is 69.6 Å². The molecular weight excluding hydrogens is 795 g/mol. The molecule has 0 aliphatic rings. The molecular formula is C44H31IrN3S-2. The van der Waals surface area contributed by atoms with Gasteiger partial charge >= 0.3 is 0 Å². The smallest absolute Gasteiger partial charge is 0.0524 e. The van der Waals surface area contributed by atoms with E-state index in [0.717, 1.165) is 22.5 Å². The van der Waals surface area contributed by atoms with Crippen molar-refractivity contribution in [3.05, 3.63) is 151 Å². The zero-order valence-electron chi connectivity index (χ0n) is 27.3. The normalized spacial score (nSPS) is 11.8. The van der Waals surface area contributed by atoms with E-state index in [1.54, 1.807) is 6.20 Å². The number of rotatable bonds is 2. The quantitative estimate of drug-likeness (QED) is 0.163. The Kier molecular flexibility index (Phi) is 7.80. The number of para-hydroxylation sites is 1. The minimum Gasteiger partial charge on any atom is -0.350 e. The van der Waals surface area contributed by atoms with Crippen LogP contribution in [0.5, 0.6) is 0 Å². The average molecular weight is 826 g/mol. The van der Waals surface area contributed by atoms with Crippen molar-refractivity contribution in [1.82, 2.24) is 14.4 Å². The summed E-state index contributed by atoms with van der Waals surface area (Å²) < 4.78 is 5.13. The molecule has 0 saturated carbocycles. The van der Waals surface area contributed by atoms with Crippen molar-refractivity contribution in [1.29, 1.82) is 0 Å². The van der Waals surface area contributed by atoms with E-state index in [4.69, 9.17) is 4.98 Å². The van der Waals surface area contributed by atoms with Crippen LogP contribution in [0.3, 0.4) is 0 Å². The standard InChI is InChI=1S/C33H23N2S.C11H8N.Ir/c1-33(2,3)20-14-15-34-25(17-20)19-12-13-27-24(16-19)31-30-22-9-5-7-11-28(22)36-29(30)18-23-21-8-4-6-10-26(21)35(27)32(23)31;1-2-6-10(7-3-1)11-8-4-5-9-12-11;/h4-11,13-18H,1-3H3;1-6,8-9H;/q2*-1;. The summed E-state index contributed by atoms with van der Waals surface area (Å²) in [6.45, 7) is 6.74. The van der Waals surface area contributed by atoms with Gasteiger partial charge in [-0.2, -0.15) is 0 Å². The number of benzene rings is 5. The summed E-state index contributed by atoms with van der Waals surface area (Å²) >= 11 is 1.89. The van der Waals surface area contributed by atoms with E-state index in [2.05, 4.69) is 121 Å². The fourth-order valence-electron chi connectivity index (χ4n) is 6.98. The molecule has 49 heavy (non-hydrogen) atoms. The van der Waals surface area contributed by atoms with E-state index in [0.29, 0.717) is 0 Å². The average Bonchev–Trinajstić information content (AvgIpc) is 3.78. The van der Waals surface area contributed by atoms with Gasteiger partial charge in [0.25, 0.3) is 0 Å². The van der Waals surface area contributed by atoms with E-state index in [1.165, 1.54) is 63.8 Å². The Morgan fingerprint density at radius 1 is 0.592 bits per heavy atom. The molecule has 0 N–H and O–H groups in total. The van der Waals surface area contributed by atoms with E-state index in [-0.39, 0.29) is 25.5 Å². The molecule has 5 aromatic heterocycles. The third-order valence-electron chi connectivity index (χ3n) is 9.29. The molecule has 0 bridgehead atoms. The van der Waals surface area contributed by atoms with Gasteiger partial charge in [-0.15, -0.1) is 71.0 Å². The summed E-state index contributed by atoms with van der Waals surface area (Å²) in [7, 11) is 0. The maximum atomic E-state index is 4.75. The molecule has 0 atom stereocenters. The monoisotopic (exact) mass is 826 g/mol. The van der Waals surface area contributed by atoms with Crippen LogP contribution in [0.1, 0.15) is 26.3 Å². The molecule has 3 nitrogen and oxygen atoms in total. The van der Waals surface area contributed by atoms with Gasteiger partial charge in [0.05, 0.1) is 5.52 Å². The van der Waals surface area contributed by atoms with Crippen LogP contribution in [-0.2, 0) is 25.5 Å². The maximum Gasteiger partial charge on any atom is 0.0524 e. The summed E-state index contributed by atoms with van der Waals surface area (Å²) in [5.74, 6) is 0. The predicted octanol–water partition coefficient (Wildman–Crippen LogP) is 11.9. The topological polar surface area (TPSA) is 30.2 Å². The second-order valence-corrected chi connectivity index (χ2v) is 14.4. The number of hydrogen-bond donors (Lipinski definition) is 0. The molecule has 10 rings (SSSR count). The molecule has 0 fully saturated rings. The summed E-state index contributed by atoms with van der Waals surface area (Å²) in [4.78, 5) is 8.97. The largest absolute Gasteiger partial charge is 0.350 e. The van der Waals surface area contributed by atoms with Crippen molar-refractivity contribution in [3.8, 4) is 22.5 Å². The fraction of sp³-hybridized carbons (Fsp3) is 0.0909. The van der Waals surface area contributed by atoms with E-state index >= 15 is 0 Å². The Labute approximate surface area is 302 Å². The maximum absolute atomic E-state index is 4.75. The zero-order valence-corrected chi connectivity index (χ0v) is 30.5. The van der Waals surface area contributed by atoms with Gasteiger partial charge in [0.1, 0.15) is 0 Å². The molecule has 10 aromatic rings. The zero-order chi connectivity index (χ0) is 32.4. The van der Waals surface area contributed by atoms with Crippen LogP contribution in [0, 0.1) is 12.1 Å². The third kappa shape index (κ3) is 5.21. The first-order valence-corrected chi connectivity index (χ1v) is 17.1. The van der Waals surface area contributed by atoms with Crippen molar-refractivity contribution in [2.75, 3.05) is 0 Å². The minimum atomic E-state index is 0. The fourth-order valence-corrected chi connectivity index (χ4v) is 8.13. The summed E-state index contributed by atoms with van der Waals surface area (Å²) in [6.07, 6.45) is 3.72. The second kappa shape index (κ2) is 12.2. The summed E-state index contributed by atoms with van der Waals surface area (Å²) in [5.41, 5.74) is 9.15. The summed E-state index contributed by atoms with van der Waals surface area (Å²) in [6, 6.07) is 49.2. The first kappa shape index (κ1) is 31.3. The van der Waals surface area contributed by atoms with Gasteiger partial charge in [0.2, 0.25) is 0 Å². The van der Waals surface area contributed by atoms with Crippen LogP contribution in [0.25, 0.3) is 80.8 Å². The van der Waals surface area contributed by atoms with Gasteiger partial charge in [-0.25, -0.2) is 0 Å². The Morgan fingerprint density at radius 2 is 1.37 bits per heavy atom. The number of aromatic nitrogens is 3. The SMILES string of the molecule is CC(C)(C)c1ccnc(-c2[c-]cc3c(c2)c2c4c(cc5c6ccccc6n3c52)sc2ccccc24)c1.[Ir].[c-]1ccccc1-c1ccccn1. The van der Waals surface area contributed by atoms with E-state index in [9.17, 15) is 0 Å². The molecule has 0 aliphatic heterocycles. The van der Waals surface area contributed by atoms with Crippen molar-refractivity contribution in [2.24, 2.45) is 0 Å². The van der Waals surface area contributed by atoms with Crippen LogP contribution in [-0.4, -0.2) is 14.4 Å². The minimum absolute atomic E-state index is 0.